The van der Waals surface area contributed by atoms with E-state index in [1.165, 1.54) is 12.1 Å². The molecule has 2 rings (SSSR count). The van der Waals surface area contributed by atoms with Crippen LogP contribution in [-0.2, 0) is 6.54 Å². The van der Waals surface area contributed by atoms with Gasteiger partial charge in [-0.2, -0.15) is 0 Å². The van der Waals surface area contributed by atoms with E-state index < -0.39 is 12.5 Å². The van der Waals surface area contributed by atoms with E-state index in [-0.39, 0.29) is 5.75 Å². The zero-order chi connectivity index (χ0) is 14.8. The van der Waals surface area contributed by atoms with Crippen LogP contribution in [0.2, 0.25) is 0 Å². The van der Waals surface area contributed by atoms with Crippen LogP contribution in [-0.4, -0.2) is 21.0 Å². The minimum atomic E-state index is -4.72. The van der Waals surface area contributed by atoms with Crippen LogP contribution in [0.25, 0.3) is 0 Å². The molecule has 0 fully saturated rings. The lowest BCUT2D eigenvalue weighted by molar-refractivity contribution is -0.274. The SMILES string of the molecule is CCn1ccnc1C(O)c1ccc(OC(F)(F)F)cc1. The number of nitrogens with zero attached hydrogens (tertiary/aromatic N) is 2. The van der Waals surface area contributed by atoms with Crippen molar-refractivity contribution >= 4 is 0 Å². The maximum Gasteiger partial charge on any atom is 0.573 e. The molecule has 0 bridgehead atoms. The molecule has 108 valence electrons. The summed E-state index contributed by atoms with van der Waals surface area (Å²) in [5.41, 5.74) is 0.445. The van der Waals surface area contributed by atoms with Crippen molar-refractivity contribution in [1.82, 2.24) is 9.55 Å². The third kappa shape index (κ3) is 3.30. The number of benzene rings is 1. The van der Waals surface area contributed by atoms with Gasteiger partial charge in [-0.05, 0) is 24.6 Å². The van der Waals surface area contributed by atoms with Gasteiger partial charge in [0.05, 0.1) is 0 Å². The molecule has 1 unspecified atom stereocenters. The van der Waals surface area contributed by atoms with Gasteiger partial charge in [-0.25, -0.2) is 4.98 Å². The number of aliphatic hydroxyl groups excluding tert-OH is 1. The molecule has 2 aromatic rings. The summed E-state index contributed by atoms with van der Waals surface area (Å²) in [7, 11) is 0. The van der Waals surface area contributed by atoms with E-state index in [1.807, 2.05) is 6.92 Å². The highest BCUT2D eigenvalue weighted by atomic mass is 19.4. The molecule has 4 nitrogen and oxygen atoms in total. The summed E-state index contributed by atoms with van der Waals surface area (Å²) < 4.78 is 41.6. The third-order valence-electron chi connectivity index (χ3n) is 2.76. The van der Waals surface area contributed by atoms with Gasteiger partial charge in [0.1, 0.15) is 17.7 Å². The van der Waals surface area contributed by atoms with E-state index >= 15 is 0 Å². The second-order valence-corrected chi connectivity index (χ2v) is 4.09. The number of hydrogen-bond acceptors (Lipinski definition) is 3. The number of aliphatic hydroxyl groups is 1. The van der Waals surface area contributed by atoms with Crippen molar-refractivity contribution in [3.63, 3.8) is 0 Å². The Bertz CT molecular complexity index is 564. The standard InChI is InChI=1S/C13H13F3N2O2/c1-2-18-8-7-17-12(18)11(19)9-3-5-10(6-4-9)20-13(14,15)16/h3-8,11,19H,2H2,1H3. The Morgan fingerprint density at radius 1 is 1.30 bits per heavy atom. The van der Waals surface area contributed by atoms with Crippen LogP contribution in [0.1, 0.15) is 24.4 Å². The molecule has 1 atom stereocenters. The lowest BCUT2D eigenvalue weighted by Crippen LogP contribution is -2.17. The molecule has 0 radical (unpaired) electrons. The topological polar surface area (TPSA) is 47.3 Å². The van der Waals surface area contributed by atoms with Gasteiger partial charge in [-0.15, -0.1) is 13.2 Å². The third-order valence-corrected chi connectivity index (χ3v) is 2.76. The smallest absolute Gasteiger partial charge is 0.406 e. The predicted molar refractivity (Wildman–Crippen MR) is 65.1 cm³/mol. The Hall–Kier alpha value is -2.02. The van der Waals surface area contributed by atoms with Crippen LogP contribution in [0, 0.1) is 0 Å². The monoisotopic (exact) mass is 286 g/mol. The van der Waals surface area contributed by atoms with Gasteiger partial charge in [-0.1, -0.05) is 12.1 Å². The summed E-state index contributed by atoms with van der Waals surface area (Å²) in [6, 6.07) is 5.07. The van der Waals surface area contributed by atoms with E-state index in [1.54, 1.807) is 17.0 Å². The Labute approximate surface area is 113 Å². The minimum absolute atomic E-state index is 0.327. The van der Waals surface area contributed by atoms with E-state index in [0.717, 1.165) is 12.1 Å². The number of ether oxygens (including phenoxy) is 1. The molecule has 0 amide bonds. The first kappa shape index (κ1) is 14.4. The molecule has 1 aromatic heterocycles. The largest absolute Gasteiger partial charge is 0.573 e. The highest BCUT2D eigenvalue weighted by Crippen LogP contribution is 2.26. The summed E-state index contributed by atoms with van der Waals surface area (Å²) in [5.74, 6) is 0.115. The number of aromatic nitrogens is 2. The molecule has 0 spiro atoms. The van der Waals surface area contributed by atoms with Crippen molar-refractivity contribution in [2.45, 2.75) is 25.9 Å². The molecule has 0 aliphatic carbocycles. The molecule has 0 saturated heterocycles. The molecule has 1 aromatic carbocycles. The fourth-order valence-electron chi connectivity index (χ4n) is 1.84. The molecular formula is C13H13F3N2O2. The maximum absolute atomic E-state index is 12.0. The summed E-state index contributed by atoms with van der Waals surface area (Å²) in [4.78, 5) is 4.05. The van der Waals surface area contributed by atoms with Crippen molar-refractivity contribution in [1.29, 1.82) is 0 Å². The Morgan fingerprint density at radius 3 is 2.50 bits per heavy atom. The lowest BCUT2D eigenvalue weighted by Gasteiger charge is -2.13. The maximum atomic E-state index is 12.0. The molecule has 1 heterocycles. The molecule has 0 saturated carbocycles. The zero-order valence-corrected chi connectivity index (χ0v) is 10.6. The van der Waals surface area contributed by atoms with E-state index in [9.17, 15) is 18.3 Å². The van der Waals surface area contributed by atoms with Crippen LogP contribution < -0.4 is 4.74 Å². The first-order chi connectivity index (χ1) is 9.40. The van der Waals surface area contributed by atoms with Crippen LogP contribution >= 0.6 is 0 Å². The van der Waals surface area contributed by atoms with Gasteiger partial charge in [0, 0.05) is 18.9 Å². The first-order valence-corrected chi connectivity index (χ1v) is 5.95. The molecule has 20 heavy (non-hydrogen) atoms. The lowest BCUT2D eigenvalue weighted by atomic mass is 10.1. The van der Waals surface area contributed by atoms with Crippen molar-refractivity contribution in [3.05, 3.63) is 48.0 Å². The Morgan fingerprint density at radius 2 is 1.95 bits per heavy atom. The predicted octanol–water partition coefficient (Wildman–Crippen LogP) is 2.88. The van der Waals surface area contributed by atoms with Crippen LogP contribution in [0.5, 0.6) is 5.75 Å². The van der Waals surface area contributed by atoms with E-state index in [0.29, 0.717) is 17.9 Å². The van der Waals surface area contributed by atoms with Gasteiger partial charge in [-0.3, -0.25) is 0 Å². The van der Waals surface area contributed by atoms with Crippen LogP contribution in [0.4, 0.5) is 13.2 Å². The number of rotatable bonds is 4. The number of halogens is 3. The van der Waals surface area contributed by atoms with Crippen LogP contribution in [0.3, 0.4) is 0 Å². The average Bonchev–Trinajstić information content (AvgIpc) is 2.85. The molecule has 0 aliphatic heterocycles. The minimum Gasteiger partial charge on any atom is -0.406 e. The molecule has 7 heteroatoms. The Balaban J connectivity index is 2.17. The van der Waals surface area contributed by atoms with Gasteiger partial charge < -0.3 is 14.4 Å². The van der Waals surface area contributed by atoms with Crippen molar-refractivity contribution in [2.24, 2.45) is 0 Å². The number of imidazole rings is 1. The van der Waals surface area contributed by atoms with Gasteiger partial charge in [0.15, 0.2) is 0 Å². The summed E-state index contributed by atoms with van der Waals surface area (Å²) >= 11 is 0. The van der Waals surface area contributed by atoms with Crippen molar-refractivity contribution in [2.75, 3.05) is 0 Å². The second-order valence-electron chi connectivity index (χ2n) is 4.09. The highest BCUT2D eigenvalue weighted by Gasteiger charge is 2.31. The summed E-state index contributed by atoms with van der Waals surface area (Å²) in [6.07, 6.45) is -2.44. The Kier molecular flexibility index (Phi) is 3.99. The second kappa shape index (κ2) is 5.54. The number of aryl methyl sites for hydroxylation is 1. The van der Waals surface area contributed by atoms with Gasteiger partial charge in [0.25, 0.3) is 0 Å². The fraction of sp³-hybridized carbons (Fsp3) is 0.308. The van der Waals surface area contributed by atoms with Gasteiger partial charge >= 0.3 is 6.36 Å². The highest BCUT2D eigenvalue weighted by molar-refractivity contribution is 5.31. The fourth-order valence-corrected chi connectivity index (χ4v) is 1.84. The zero-order valence-electron chi connectivity index (χ0n) is 10.6. The average molecular weight is 286 g/mol. The van der Waals surface area contributed by atoms with Crippen LogP contribution in [0.15, 0.2) is 36.7 Å². The molecule has 1 N–H and O–H groups in total. The van der Waals surface area contributed by atoms with Crippen molar-refractivity contribution < 1.29 is 23.0 Å². The summed E-state index contributed by atoms with van der Waals surface area (Å²) in [6.45, 7) is 2.54. The quantitative estimate of drug-likeness (QED) is 0.940. The van der Waals surface area contributed by atoms with Crippen molar-refractivity contribution in [3.8, 4) is 5.75 Å². The first-order valence-electron chi connectivity index (χ1n) is 5.95. The molecule has 0 aliphatic rings. The van der Waals surface area contributed by atoms with Gasteiger partial charge in [0.2, 0.25) is 0 Å². The number of hydrogen-bond donors (Lipinski definition) is 1. The molecular weight excluding hydrogens is 273 g/mol. The summed E-state index contributed by atoms with van der Waals surface area (Å²) in [5, 5.41) is 10.2. The number of alkyl halides is 3. The van der Waals surface area contributed by atoms with E-state index in [4.69, 9.17) is 0 Å². The van der Waals surface area contributed by atoms with E-state index in [2.05, 4.69) is 9.72 Å². The normalized spacial score (nSPS) is 13.2.